The molecule has 0 bridgehead atoms. The summed E-state index contributed by atoms with van der Waals surface area (Å²) >= 11 is 0. The maximum atomic E-state index is 13.4. The number of esters is 1. The van der Waals surface area contributed by atoms with Gasteiger partial charge in [0.2, 0.25) is 0 Å². The molecule has 0 saturated carbocycles. The van der Waals surface area contributed by atoms with Crippen molar-refractivity contribution < 1.29 is 33.7 Å². The van der Waals surface area contributed by atoms with Gasteiger partial charge in [-0.3, -0.25) is 4.79 Å². The second kappa shape index (κ2) is 4.46. The molecule has 92 valence electrons. The quantitative estimate of drug-likeness (QED) is 0.547. The summed E-state index contributed by atoms with van der Waals surface area (Å²) in [5, 5.41) is 16.8. The van der Waals surface area contributed by atoms with Crippen molar-refractivity contribution in [2.45, 2.75) is 38.5 Å². The highest BCUT2D eigenvalue weighted by Crippen LogP contribution is 2.20. The van der Waals surface area contributed by atoms with Crippen LogP contribution in [-0.2, 0) is 19.1 Å². The van der Waals surface area contributed by atoms with E-state index in [2.05, 4.69) is 4.74 Å². The summed E-state index contributed by atoms with van der Waals surface area (Å²) in [5.74, 6) is -5.68. The number of aliphatic carboxylic acids is 2. The van der Waals surface area contributed by atoms with Crippen LogP contribution in [0.5, 0.6) is 0 Å². The molecule has 0 rings (SSSR count). The number of halogens is 1. The first kappa shape index (κ1) is 14.3. The summed E-state index contributed by atoms with van der Waals surface area (Å²) in [5.41, 5.74) is -4.59. The Morgan fingerprint density at radius 2 is 1.50 bits per heavy atom. The number of carbonyl (C=O) groups is 3. The van der Waals surface area contributed by atoms with Crippen molar-refractivity contribution in [3.05, 3.63) is 0 Å². The Morgan fingerprint density at radius 3 is 1.75 bits per heavy atom. The molecular weight excluding hydrogens is 223 g/mol. The van der Waals surface area contributed by atoms with Crippen molar-refractivity contribution in [1.29, 1.82) is 0 Å². The molecule has 0 aliphatic carbocycles. The topological polar surface area (TPSA) is 101 Å². The predicted molar refractivity (Wildman–Crippen MR) is 49.6 cm³/mol. The second-order valence-electron chi connectivity index (χ2n) is 4.17. The highest BCUT2D eigenvalue weighted by molar-refractivity contribution is 6.04. The predicted octanol–water partition coefficient (Wildman–Crippen LogP) is 0.596. The molecule has 0 saturated heterocycles. The molecule has 0 aliphatic heterocycles. The summed E-state index contributed by atoms with van der Waals surface area (Å²) < 4.78 is 18.0. The van der Waals surface area contributed by atoms with Crippen molar-refractivity contribution in [2.75, 3.05) is 0 Å². The van der Waals surface area contributed by atoms with Gasteiger partial charge in [-0.1, -0.05) is 0 Å². The first-order valence-electron chi connectivity index (χ1n) is 4.36. The molecule has 0 aromatic carbocycles. The average Bonchev–Trinajstić information content (AvgIpc) is 1.98. The zero-order valence-electron chi connectivity index (χ0n) is 9.11. The second-order valence-corrected chi connectivity index (χ2v) is 4.17. The van der Waals surface area contributed by atoms with Crippen LogP contribution in [0.15, 0.2) is 0 Å². The zero-order valence-corrected chi connectivity index (χ0v) is 9.11. The summed E-state index contributed by atoms with van der Waals surface area (Å²) in [4.78, 5) is 31.9. The highest BCUT2D eigenvalue weighted by Gasteiger charge is 2.50. The van der Waals surface area contributed by atoms with Gasteiger partial charge in [0.1, 0.15) is 12.0 Å². The Labute approximate surface area is 91.0 Å². The summed E-state index contributed by atoms with van der Waals surface area (Å²) in [6, 6.07) is 0. The van der Waals surface area contributed by atoms with Gasteiger partial charge in [0, 0.05) is 0 Å². The van der Waals surface area contributed by atoms with Gasteiger partial charge < -0.3 is 14.9 Å². The first-order valence-corrected chi connectivity index (χ1v) is 4.36. The minimum Gasteiger partial charge on any atom is -0.478 e. The summed E-state index contributed by atoms with van der Waals surface area (Å²) in [6.07, 6.45) is -1.37. The summed E-state index contributed by atoms with van der Waals surface area (Å²) in [7, 11) is 0. The molecule has 0 heterocycles. The van der Waals surface area contributed by atoms with Crippen LogP contribution in [0.2, 0.25) is 0 Å². The van der Waals surface area contributed by atoms with E-state index in [0.29, 0.717) is 0 Å². The number of carbonyl (C=O) groups excluding carboxylic acids is 1. The van der Waals surface area contributed by atoms with E-state index < -0.39 is 35.6 Å². The largest absolute Gasteiger partial charge is 0.478 e. The Hall–Kier alpha value is -1.66. The number of rotatable bonds is 4. The van der Waals surface area contributed by atoms with E-state index in [4.69, 9.17) is 10.2 Å². The molecule has 0 aromatic heterocycles. The van der Waals surface area contributed by atoms with E-state index in [-0.39, 0.29) is 0 Å². The fourth-order valence-corrected chi connectivity index (χ4v) is 0.819. The number of alkyl halides is 1. The van der Waals surface area contributed by atoms with Crippen LogP contribution in [-0.4, -0.2) is 39.4 Å². The number of carboxylic acids is 2. The van der Waals surface area contributed by atoms with Gasteiger partial charge in [0.25, 0.3) is 0 Å². The van der Waals surface area contributed by atoms with E-state index in [1.807, 2.05) is 0 Å². The molecule has 0 unspecified atom stereocenters. The Kier molecular flexibility index (Phi) is 4.00. The Morgan fingerprint density at radius 1 is 1.12 bits per heavy atom. The molecule has 6 nitrogen and oxygen atoms in total. The third-order valence-electron chi connectivity index (χ3n) is 1.49. The van der Waals surface area contributed by atoms with Gasteiger partial charge in [-0.2, -0.15) is 0 Å². The van der Waals surface area contributed by atoms with Crippen molar-refractivity contribution in [3.8, 4) is 0 Å². The number of carboxylic acid groups (broad SMARTS) is 2. The SMILES string of the molecule is CC(C)(C)OC(=O)CC(F)(C(=O)O)C(=O)O. The van der Waals surface area contributed by atoms with Crippen LogP contribution in [0.3, 0.4) is 0 Å². The molecule has 0 aromatic rings. The van der Waals surface area contributed by atoms with Gasteiger partial charge in [-0.25, -0.2) is 14.0 Å². The van der Waals surface area contributed by atoms with Gasteiger partial charge in [0.05, 0.1) is 0 Å². The number of hydrogen-bond donors (Lipinski definition) is 2. The molecule has 0 amide bonds. The third kappa shape index (κ3) is 3.84. The molecule has 16 heavy (non-hydrogen) atoms. The van der Waals surface area contributed by atoms with Gasteiger partial charge in [0.15, 0.2) is 0 Å². The molecular formula is C9H13FO6. The van der Waals surface area contributed by atoms with E-state index in [0.717, 1.165) is 0 Å². The minimum atomic E-state index is -3.65. The fraction of sp³-hybridized carbons (Fsp3) is 0.667. The summed E-state index contributed by atoms with van der Waals surface area (Å²) in [6.45, 7) is 4.48. The lowest BCUT2D eigenvalue weighted by Gasteiger charge is -2.21. The van der Waals surface area contributed by atoms with Crippen molar-refractivity contribution in [1.82, 2.24) is 0 Å². The van der Waals surface area contributed by atoms with Crippen LogP contribution < -0.4 is 0 Å². The fourth-order valence-electron chi connectivity index (χ4n) is 0.819. The lowest BCUT2D eigenvalue weighted by atomic mass is 10.0. The zero-order chi connectivity index (χ0) is 13.1. The molecule has 0 fully saturated rings. The highest BCUT2D eigenvalue weighted by atomic mass is 19.1. The number of hydrogen-bond acceptors (Lipinski definition) is 4. The standard InChI is InChI=1S/C9H13FO6/c1-8(2,3)16-5(11)4-9(10,6(12)13)7(14)15/h4H2,1-3H3,(H,12,13)(H,14,15). The van der Waals surface area contributed by atoms with Gasteiger partial charge in [-0.05, 0) is 20.8 Å². The molecule has 7 heteroatoms. The molecule has 0 radical (unpaired) electrons. The van der Waals surface area contributed by atoms with Gasteiger partial charge >= 0.3 is 23.6 Å². The van der Waals surface area contributed by atoms with E-state index in [9.17, 15) is 18.8 Å². The van der Waals surface area contributed by atoms with Crippen LogP contribution in [0.1, 0.15) is 27.2 Å². The smallest absolute Gasteiger partial charge is 0.354 e. The molecule has 2 N–H and O–H groups in total. The number of ether oxygens (including phenoxy) is 1. The molecule has 0 aliphatic rings. The first-order chi connectivity index (χ1) is 6.99. The molecule has 0 atom stereocenters. The average molecular weight is 236 g/mol. The van der Waals surface area contributed by atoms with Crippen LogP contribution in [0.4, 0.5) is 4.39 Å². The van der Waals surface area contributed by atoms with E-state index in [1.54, 1.807) is 0 Å². The van der Waals surface area contributed by atoms with E-state index >= 15 is 0 Å². The van der Waals surface area contributed by atoms with Crippen molar-refractivity contribution in [3.63, 3.8) is 0 Å². The molecule has 0 spiro atoms. The monoisotopic (exact) mass is 236 g/mol. The Balaban J connectivity index is 4.74. The lowest BCUT2D eigenvalue weighted by Crippen LogP contribution is -2.45. The Bertz CT molecular complexity index is 302. The normalized spacial score (nSPS) is 12.0. The maximum Gasteiger partial charge on any atom is 0.354 e. The van der Waals surface area contributed by atoms with Crippen LogP contribution in [0.25, 0.3) is 0 Å². The van der Waals surface area contributed by atoms with E-state index in [1.165, 1.54) is 20.8 Å². The maximum absolute atomic E-state index is 13.4. The van der Waals surface area contributed by atoms with Crippen LogP contribution >= 0.6 is 0 Å². The van der Waals surface area contributed by atoms with Gasteiger partial charge in [-0.15, -0.1) is 0 Å². The van der Waals surface area contributed by atoms with Crippen molar-refractivity contribution >= 4 is 17.9 Å². The minimum absolute atomic E-state index is 0.936. The lowest BCUT2D eigenvalue weighted by molar-refractivity contribution is -0.176. The van der Waals surface area contributed by atoms with Crippen molar-refractivity contribution in [2.24, 2.45) is 0 Å². The van der Waals surface area contributed by atoms with Crippen LogP contribution in [0, 0.1) is 0 Å². The third-order valence-corrected chi connectivity index (χ3v) is 1.49.